The number of alkyl halides is 6. The van der Waals surface area contributed by atoms with Gasteiger partial charge in [0.25, 0.3) is 5.91 Å². The molecule has 2 aromatic rings. The summed E-state index contributed by atoms with van der Waals surface area (Å²) in [6.07, 6.45) is -9.12. The van der Waals surface area contributed by atoms with Crippen molar-refractivity contribution >= 4 is 46.3 Å². The zero-order valence-corrected chi connectivity index (χ0v) is 17.2. The molecule has 0 saturated carbocycles. The van der Waals surface area contributed by atoms with Crippen LogP contribution >= 0.6 is 24.0 Å². The van der Waals surface area contributed by atoms with E-state index in [4.69, 9.17) is 21.7 Å². The fraction of sp³-hybridized carbons (Fsp3) is 0.211. The van der Waals surface area contributed by atoms with Crippen LogP contribution in [-0.4, -0.2) is 32.7 Å². The van der Waals surface area contributed by atoms with E-state index < -0.39 is 40.9 Å². The van der Waals surface area contributed by atoms with Crippen molar-refractivity contribution in [1.82, 2.24) is 4.90 Å². The average molecular weight is 495 g/mol. The van der Waals surface area contributed by atoms with Crippen LogP contribution in [0.5, 0.6) is 0 Å². The second-order valence-electron chi connectivity index (χ2n) is 6.47. The molecule has 1 aliphatic heterocycles. The number of hydrogen-bond acceptors (Lipinski definition) is 5. The second-order valence-corrected chi connectivity index (χ2v) is 8.15. The summed E-state index contributed by atoms with van der Waals surface area (Å²) in [5, 5.41) is 8.74. The normalized spacial score (nSPS) is 16.3. The van der Waals surface area contributed by atoms with Gasteiger partial charge in [-0.1, -0.05) is 24.0 Å². The molecule has 0 bridgehead atoms. The van der Waals surface area contributed by atoms with Crippen molar-refractivity contribution in [3.63, 3.8) is 0 Å². The highest BCUT2D eigenvalue weighted by molar-refractivity contribution is 8.26. The van der Waals surface area contributed by atoms with Gasteiger partial charge in [-0.2, -0.15) is 26.3 Å². The Morgan fingerprint density at radius 2 is 1.69 bits per heavy atom. The maximum atomic E-state index is 13.1. The molecule has 0 aliphatic carbocycles. The predicted octanol–water partition coefficient (Wildman–Crippen LogP) is 5.66. The summed E-state index contributed by atoms with van der Waals surface area (Å²) in [5.41, 5.74) is -3.42. The highest BCUT2D eigenvalue weighted by Gasteiger charge is 2.37. The third-order valence-electron chi connectivity index (χ3n) is 4.20. The Hall–Kier alpha value is -2.80. The second kappa shape index (κ2) is 8.62. The minimum atomic E-state index is -5.00. The molecule has 0 unspecified atom stereocenters. The third kappa shape index (κ3) is 5.33. The van der Waals surface area contributed by atoms with Crippen molar-refractivity contribution in [1.29, 1.82) is 0 Å². The molecule has 1 N–H and O–H groups in total. The molecule has 1 saturated heterocycles. The fourth-order valence-corrected chi connectivity index (χ4v) is 4.00. The van der Waals surface area contributed by atoms with Gasteiger partial charge in [-0.25, -0.2) is 0 Å². The molecule has 1 aromatic carbocycles. The Morgan fingerprint density at radius 3 is 2.22 bits per heavy atom. The van der Waals surface area contributed by atoms with Crippen molar-refractivity contribution in [2.24, 2.45) is 0 Å². The first-order valence-electron chi connectivity index (χ1n) is 8.62. The number of amides is 1. The van der Waals surface area contributed by atoms with Crippen molar-refractivity contribution in [2.45, 2.75) is 18.8 Å². The molecule has 1 aromatic heterocycles. The number of nitrogens with zero attached hydrogens (tertiary/aromatic N) is 1. The van der Waals surface area contributed by atoms with Gasteiger partial charge in [0.1, 0.15) is 15.8 Å². The molecule has 2 heterocycles. The first-order chi connectivity index (χ1) is 14.8. The lowest BCUT2D eigenvalue weighted by Gasteiger charge is -2.13. The Morgan fingerprint density at radius 1 is 1.09 bits per heavy atom. The fourth-order valence-electron chi connectivity index (χ4n) is 2.71. The monoisotopic (exact) mass is 495 g/mol. The van der Waals surface area contributed by atoms with Gasteiger partial charge in [-0.15, -0.1) is 0 Å². The molecule has 3 rings (SSSR count). The van der Waals surface area contributed by atoms with Crippen LogP contribution in [-0.2, 0) is 21.9 Å². The minimum Gasteiger partial charge on any atom is -0.481 e. The molecular formula is C19H11F6NO4S2. The molecular weight excluding hydrogens is 484 g/mol. The van der Waals surface area contributed by atoms with E-state index >= 15 is 0 Å². The van der Waals surface area contributed by atoms with E-state index in [1.807, 2.05) is 0 Å². The molecule has 1 aliphatic rings. The number of thiocarbonyl (C=S) groups is 1. The van der Waals surface area contributed by atoms with Crippen LogP contribution in [0.25, 0.3) is 17.4 Å². The van der Waals surface area contributed by atoms with Gasteiger partial charge in [0.15, 0.2) is 0 Å². The lowest BCUT2D eigenvalue weighted by atomic mass is 10.0. The van der Waals surface area contributed by atoms with Crippen LogP contribution < -0.4 is 0 Å². The molecule has 170 valence electrons. The molecule has 0 atom stereocenters. The summed E-state index contributed by atoms with van der Waals surface area (Å²) >= 11 is 5.90. The van der Waals surface area contributed by atoms with Crippen LogP contribution in [0.15, 0.2) is 39.7 Å². The van der Waals surface area contributed by atoms with Gasteiger partial charge < -0.3 is 9.52 Å². The molecule has 0 radical (unpaired) electrons. The topological polar surface area (TPSA) is 70.8 Å². The minimum absolute atomic E-state index is 0.00953. The van der Waals surface area contributed by atoms with E-state index in [-0.39, 0.29) is 39.8 Å². The number of thioether (sulfide) groups is 1. The number of rotatable bonds is 5. The number of hydrogen-bond donors (Lipinski definition) is 1. The van der Waals surface area contributed by atoms with Crippen LogP contribution in [0.4, 0.5) is 26.3 Å². The maximum Gasteiger partial charge on any atom is 0.416 e. The highest BCUT2D eigenvalue weighted by Crippen LogP contribution is 2.39. The standard InChI is InChI=1S/C19H11F6NO4S2/c20-18(21,22)10-5-9(6-11(7-10)19(23,24)25)13-2-1-12(30-13)8-14-16(29)26(17(31)32-14)4-3-15(27)28/h1-2,5-8H,3-4H2,(H,27,28). The van der Waals surface area contributed by atoms with Crippen LogP contribution in [0, 0.1) is 0 Å². The third-order valence-corrected chi connectivity index (χ3v) is 5.57. The van der Waals surface area contributed by atoms with E-state index in [2.05, 4.69) is 0 Å². The number of carboxylic acid groups (broad SMARTS) is 1. The van der Waals surface area contributed by atoms with Gasteiger partial charge in [0.05, 0.1) is 22.5 Å². The smallest absolute Gasteiger partial charge is 0.416 e. The summed E-state index contributed by atoms with van der Waals surface area (Å²) < 4.78 is 83.8. The molecule has 13 heteroatoms. The quantitative estimate of drug-likeness (QED) is 0.328. The van der Waals surface area contributed by atoms with E-state index in [9.17, 15) is 35.9 Å². The lowest BCUT2D eigenvalue weighted by molar-refractivity contribution is -0.143. The van der Waals surface area contributed by atoms with Gasteiger partial charge in [-0.3, -0.25) is 14.5 Å². The van der Waals surface area contributed by atoms with Crippen LogP contribution in [0.1, 0.15) is 23.3 Å². The van der Waals surface area contributed by atoms with E-state index in [0.717, 1.165) is 16.7 Å². The van der Waals surface area contributed by atoms with Gasteiger partial charge in [0, 0.05) is 18.2 Å². The van der Waals surface area contributed by atoms with Crippen LogP contribution in [0.3, 0.4) is 0 Å². The maximum absolute atomic E-state index is 13.1. The van der Waals surface area contributed by atoms with Crippen molar-refractivity contribution in [3.05, 3.63) is 52.1 Å². The van der Waals surface area contributed by atoms with Gasteiger partial charge in [-0.05, 0) is 30.3 Å². The zero-order valence-electron chi connectivity index (χ0n) is 15.6. The summed E-state index contributed by atoms with van der Waals surface area (Å²) in [6, 6.07) is 3.52. The van der Waals surface area contributed by atoms with E-state index in [1.165, 1.54) is 18.2 Å². The molecule has 1 amide bonds. The number of carbonyl (C=O) groups excluding carboxylic acids is 1. The van der Waals surface area contributed by atoms with Gasteiger partial charge >= 0.3 is 18.3 Å². The molecule has 5 nitrogen and oxygen atoms in total. The zero-order chi connectivity index (χ0) is 23.8. The lowest BCUT2D eigenvalue weighted by Crippen LogP contribution is -2.30. The Bertz CT molecular complexity index is 1090. The SMILES string of the molecule is O=C(O)CCN1C(=O)C(=Cc2ccc(-c3cc(C(F)(F)F)cc(C(F)(F)F)c3)o2)SC1=S. The number of aliphatic carboxylic acids is 1. The number of furan rings is 1. The average Bonchev–Trinajstić information content (AvgIpc) is 3.23. The molecule has 32 heavy (non-hydrogen) atoms. The summed E-state index contributed by atoms with van der Waals surface area (Å²) in [4.78, 5) is 24.2. The van der Waals surface area contributed by atoms with E-state index in [0.29, 0.717) is 12.1 Å². The summed E-state index contributed by atoms with van der Waals surface area (Å²) in [6.45, 7) is -0.148. The number of halogens is 6. The summed E-state index contributed by atoms with van der Waals surface area (Å²) in [5.74, 6) is -1.99. The Kier molecular flexibility index (Phi) is 6.43. The number of carboxylic acids is 1. The number of carbonyl (C=O) groups is 2. The predicted molar refractivity (Wildman–Crippen MR) is 106 cm³/mol. The van der Waals surface area contributed by atoms with Crippen LogP contribution in [0.2, 0.25) is 0 Å². The molecule has 1 fully saturated rings. The highest BCUT2D eigenvalue weighted by atomic mass is 32.2. The largest absolute Gasteiger partial charge is 0.481 e. The van der Waals surface area contributed by atoms with Crippen molar-refractivity contribution < 1.29 is 45.5 Å². The number of benzene rings is 1. The Balaban J connectivity index is 1.92. The first kappa shape index (κ1) is 23.9. The molecule has 0 spiro atoms. The Labute approximate surface area is 185 Å². The van der Waals surface area contributed by atoms with Crippen molar-refractivity contribution in [3.8, 4) is 11.3 Å². The van der Waals surface area contributed by atoms with Crippen molar-refractivity contribution in [2.75, 3.05) is 6.54 Å². The first-order valence-corrected chi connectivity index (χ1v) is 9.85. The summed E-state index contributed by atoms with van der Waals surface area (Å²) in [7, 11) is 0. The van der Waals surface area contributed by atoms with Gasteiger partial charge in [0.2, 0.25) is 0 Å². The van der Waals surface area contributed by atoms with E-state index in [1.54, 1.807) is 0 Å².